The number of hydrogen-bond acceptors (Lipinski definition) is 4. The summed E-state index contributed by atoms with van der Waals surface area (Å²) in [6.07, 6.45) is 1.85. The number of nitrogens with one attached hydrogen (secondary N) is 1. The summed E-state index contributed by atoms with van der Waals surface area (Å²) in [4.78, 5) is 21.7. The highest BCUT2D eigenvalue weighted by molar-refractivity contribution is 7.99. The van der Waals surface area contributed by atoms with Gasteiger partial charge in [0.2, 0.25) is 11.8 Å². The van der Waals surface area contributed by atoms with Crippen LogP contribution < -0.4 is 16.8 Å². The molecule has 0 aliphatic carbocycles. The van der Waals surface area contributed by atoms with Crippen LogP contribution in [0.2, 0.25) is 0 Å². The first-order valence-electron chi connectivity index (χ1n) is 4.31. The number of carbonyl (C=O) groups excluding carboxylic acids is 2. The second kappa shape index (κ2) is 6.67. The fourth-order valence-corrected chi connectivity index (χ4v) is 1.02. The van der Waals surface area contributed by atoms with Gasteiger partial charge < -0.3 is 16.8 Å². The summed E-state index contributed by atoms with van der Waals surface area (Å²) in [5.41, 5.74) is 10.3. The summed E-state index contributed by atoms with van der Waals surface area (Å²) < 4.78 is 0. The lowest BCUT2D eigenvalue weighted by Crippen LogP contribution is -2.44. The van der Waals surface area contributed by atoms with Crippen molar-refractivity contribution >= 4 is 23.6 Å². The first-order valence-corrected chi connectivity index (χ1v) is 5.60. The van der Waals surface area contributed by atoms with Crippen molar-refractivity contribution in [1.29, 1.82) is 0 Å². The predicted octanol–water partition coefficient (Wildman–Crippen LogP) is -0.943. The van der Waals surface area contributed by atoms with Gasteiger partial charge in [0.1, 0.15) is 0 Å². The molecule has 0 spiro atoms. The first kappa shape index (κ1) is 13.2. The van der Waals surface area contributed by atoms with Gasteiger partial charge in [0.25, 0.3) is 0 Å². The van der Waals surface area contributed by atoms with Gasteiger partial charge in [-0.3, -0.25) is 9.59 Å². The Kier molecular flexibility index (Phi) is 6.31. The Bertz CT molecular complexity index is 211. The number of amides is 2. The average Bonchev–Trinajstić information content (AvgIpc) is 2.12. The van der Waals surface area contributed by atoms with Crippen LogP contribution in [0, 0.1) is 0 Å². The van der Waals surface area contributed by atoms with Crippen LogP contribution in [0.3, 0.4) is 0 Å². The number of carbonyl (C=O) groups is 2. The highest BCUT2D eigenvalue weighted by atomic mass is 32.2. The van der Waals surface area contributed by atoms with Crippen molar-refractivity contribution in [3.63, 3.8) is 0 Å². The SMILES string of the molecule is CSC(C)CNC(=O)C(N)CC(N)=O. The molecule has 0 aliphatic heterocycles. The first-order chi connectivity index (χ1) is 6.47. The van der Waals surface area contributed by atoms with Crippen LogP contribution in [0.15, 0.2) is 0 Å². The molecule has 0 radical (unpaired) electrons. The molecule has 0 saturated carbocycles. The van der Waals surface area contributed by atoms with Gasteiger partial charge >= 0.3 is 0 Å². The summed E-state index contributed by atoms with van der Waals surface area (Å²) >= 11 is 1.65. The number of rotatable bonds is 6. The number of nitrogens with two attached hydrogens (primary N) is 2. The monoisotopic (exact) mass is 219 g/mol. The molecule has 0 rings (SSSR count). The van der Waals surface area contributed by atoms with Crippen molar-refractivity contribution in [2.45, 2.75) is 24.6 Å². The van der Waals surface area contributed by atoms with Crippen molar-refractivity contribution in [2.75, 3.05) is 12.8 Å². The largest absolute Gasteiger partial charge is 0.370 e. The molecule has 0 fully saturated rings. The molecule has 0 saturated heterocycles. The summed E-state index contributed by atoms with van der Waals surface area (Å²) in [6.45, 7) is 2.54. The lowest BCUT2D eigenvalue weighted by Gasteiger charge is -2.13. The molecule has 2 atom stereocenters. The van der Waals surface area contributed by atoms with E-state index in [1.165, 1.54) is 0 Å². The van der Waals surface area contributed by atoms with E-state index in [1.807, 2.05) is 13.2 Å². The van der Waals surface area contributed by atoms with Gasteiger partial charge in [0, 0.05) is 11.8 Å². The van der Waals surface area contributed by atoms with E-state index in [1.54, 1.807) is 11.8 Å². The van der Waals surface area contributed by atoms with Crippen LogP contribution >= 0.6 is 11.8 Å². The van der Waals surface area contributed by atoms with E-state index in [0.29, 0.717) is 11.8 Å². The number of primary amides is 1. The minimum Gasteiger partial charge on any atom is -0.370 e. The van der Waals surface area contributed by atoms with E-state index >= 15 is 0 Å². The Morgan fingerprint density at radius 1 is 1.50 bits per heavy atom. The normalized spacial score (nSPS) is 14.5. The molecule has 0 heterocycles. The maximum atomic E-state index is 11.2. The number of hydrogen-bond donors (Lipinski definition) is 3. The minimum absolute atomic E-state index is 0.112. The fourth-order valence-electron chi connectivity index (χ4n) is 0.768. The van der Waals surface area contributed by atoms with E-state index in [2.05, 4.69) is 5.32 Å². The van der Waals surface area contributed by atoms with Crippen molar-refractivity contribution in [2.24, 2.45) is 11.5 Å². The summed E-state index contributed by atoms with van der Waals surface area (Å²) in [7, 11) is 0. The Balaban J connectivity index is 3.78. The minimum atomic E-state index is -0.832. The van der Waals surface area contributed by atoms with E-state index in [-0.39, 0.29) is 12.3 Å². The molecule has 0 aromatic carbocycles. The molecule has 5 N–H and O–H groups in total. The Morgan fingerprint density at radius 2 is 2.07 bits per heavy atom. The zero-order valence-electron chi connectivity index (χ0n) is 8.45. The lowest BCUT2D eigenvalue weighted by molar-refractivity contribution is -0.126. The fraction of sp³-hybridized carbons (Fsp3) is 0.750. The van der Waals surface area contributed by atoms with Crippen molar-refractivity contribution in [1.82, 2.24) is 5.32 Å². The molecular formula is C8H17N3O2S. The van der Waals surface area contributed by atoms with Crippen LogP contribution in [0.1, 0.15) is 13.3 Å². The second-order valence-corrected chi connectivity index (χ2v) is 4.34. The van der Waals surface area contributed by atoms with Crippen molar-refractivity contribution in [3.05, 3.63) is 0 Å². The Labute approximate surface area is 88.0 Å². The zero-order chi connectivity index (χ0) is 11.1. The standard InChI is InChI=1S/C8H17N3O2S/c1-5(14-2)4-11-8(13)6(9)3-7(10)12/h5-6H,3-4,9H2,1-2H3,(H2,10,12)(H,11,13). The quantitative estimate of drug-likeness (QED) is 0.537. The van der Waals surface area contributed by atoms with Crippen LogP contribution in [0.4, 0.5) is 0 Å². The molecule has 5 nitrogen and oxygen atoms in total. The van der Waals surface area contributed by atoms with E-state index in [0.717, 1.165) is 0 Å². The van der Waals surface area contributed by atoms with Crippen LogP contribution in [-0.4, -0.2) is 35.9 Å². The lowest BCUT2D eigenvalue weighted by atomic mass is 10.2. The zero-order valence-corrected chi connectivity index (χ0v) is 9.26. The molecule has 2 unspecified atom stereocenters. The van der Waals surface area contributed by atoms with Gasteiger partial charge in [-0.25, -0.2) is 0 Å². The molecule has 0 aromatic rings. The summed E-state index contributed by atoms with van der Waals surface area (Å²) in [6, 6.07) is -0.832. The summed E-state index contributed by atoms with van der Waals surface area (Å²) in [5, 5.41) is 2.98. The van der Waals surface area contributed by atoms with Gasteiger partial charge in [0.15, 0.2) is 0 Å². The third-order valence-electron chi connectivity index (χ3n) is 1.72. The molecular weight excluding hydrogens is 202 g/mol. The van der Waals surface area contributed by atoms with E-state index < -0.39 is 11.9 Å². The Morgan fingerprint density at radius 3 is 2.50 bits per heavy atom. The van der Waals surface area contributed by atoms with Gasteiger partial charge in [-0.15, -0.1) is 0 Å². The van der Waals surface area contributed by atoms with Crippen molar-refractivity contribution in [3.8, 4) is 0 Å². The van der Waals surface area contributed by atoms with E-state index in [9.17, 15) is 9.59 Å². The molecule has 6 heteroatoms. The highest BCUT2D eigenvalue weighted by Crippen LogP contribution is 2.02. The van der Waals surface area contributed by atoms with Gasteiger partial charge in [-0.1, -0.05) is 6.92 Å². The van der Waals surface area contributed by atoms with E-state index in [4.69, 9.17) is 11.5 Å². The van der Waals surface area contributed by atoms with Gasteiger partial charge in [-0.2, -0.15) is 11.8 Å². The molecule has 82 valence electrons. The highest BCUT2D eigenvalue weighted by Gasteiger charge is 2.15. The van der Waals surface area contributed by atoms with Crippen LogP contribution in [0.25, 0.3) is 0 Å². The molecule has 2 amide bonds. The summed E-state index contributed by atoms with van der Waals surface area (Å²) in [5.74, 6) is -0.893. The third kappa shape index (κ3) is 5.82. The Hall–Kier alpha value is -0.750. The molecule has 0 aromatic heterocycles. The number of thioether (sulfide) groups is 1. The molecule has 14 heavy (non-hydrogen) atoms. The average molecular weight is 219 g/mol. The maximum Gasteiger partial charge on any atom is 0.237 e. The van der Waals surface area contributed by atoms with Crippen molar-refractivity contribution < 1.29 is 9.59 Å². The van der Waals surface area contributed by atoms with Gasteiger partial charge in [0.05, 0.1) is 12.5 Å². The maximum absolute atomic E-state index is 11.2. The molecule has 0 bridgehead atoms. The van der Waals surface area contributed by atoms with Crippen LogP contribution in [0.5, 0.6) is 0 Å². The topological polar surface area (TPSA) is 98.2 Å². The predicted molar refractivity (Wildman–Crippen MR) is 57.8 cm³/mol. The molecule has 0 aliphatic rings. The van der Waals surface area contributed by atoms with Crippen LogP contribution in [-0.2, 0) is 9.59 Å². The second-order valence-electron chi connectivity index (χ2n) is 3.07. The third-order valence-corrected chi connectivity index (χ3v) is 2.70. The van der Waals surface area contributed by atoms with Gasteiger partial charge in [-0.05, 0) is 6.26 Å². The smallest absolute Gasteiger partial charge is 0.237 e.